The van der Waals surface area contributed by atoms with Crippen molar-refractivity contribution in [1.82, 2.24) is 20.2 Å². The summed E-state index contributed by atoms with van der Waals surface area (Å²) in [7, 11) is 0. The van der Waals surface area contributed by atoms with E-state index in [1.54, 1.807) is 6.07 Å². The molecule has 4 rings (SSSR count). The van der Waals surface area contributed by atoms with Gasteiger partial charge in [-0.2, -0.15) is 10.4 Å². The molecule has 1 aromatic carbocycles. The second-order valence-corrected chi connectivity index (χ2v) is 7.47. The van der Waals surface area contributed by atoms with Crippen LogP contribution >= 0.6 is 0 Å². The number of aromatic amines is 1. The molecular formula is C21H21FN6O. The van der Waals surface area contributed by atoms with E-state index in [9.17, 15) is 4.39 Å². The van der Waals surface area contributed by atoms with Crippen LogP contribution in [0, 0.1) is 30.0 Å². The van der Waals surface area contributed by atoms with Gasteiger partial charge in [-0.1, -0.05) is 6.92 Å². The van der Waals surface area contributed by atoms with E-state index in [-0.39, 0.29) is 17.6 Å². The van der Waals surface area contributed by atoms with E-state index in [1.165, 1.54) is 18.5 Å². The molecule has 0 spiro atoms. The lowest BCUT2D eigenvalue weighted by Gasteiger charge is -2.17. The van der Waals surface area contributed by atoms with Crippen molar-refractivity contribution in [3.05, 3.63) is 47.7 Å². The largest absolute Gasteiger partial charge is 0.490 e. The highest BCUT2D eigenvalue weighted by Crippen LogP contribution is 2.37. The lowest BCUT2D eigenvalue weighted by molar-refractivity contribution is 0.205. The molecule has 1 saturated carbocycles. The molecule has 2 heterocycles. The predicted molar refractivity (Wildman–Crippen MR) is 106 cm³/mol. The number of hydrogen-bond acceptors (Lipinski definition) is 6. The zero-order chi connectivity index (χ0) is 20.4. The van der Waals surface area contributed by atoms with E-state index >= 15 is 0 Å². The molecule has 148 valence electrons. The predicted octanol–water partition coefficient (Wildman–Crippen LogP) is 4.50. The highest BCUT2D eigenvalue weighted by Gasteiger charge is 2.25. The first-order valence-corrected chi connectivity index (χ1v) is 9.53. The minimum Gasteiger partial charge on any atom is -0.490 e. The Bertz CT molecular complexity index is 1060. The van der Waals surface area contributed by atoms with E-state index in [4.69, 9.17) is 10.00 Å². The Morgan fingerprint density at radius 2 is 2.07 bits per heavy atom. The molecule has 0 saturated heterocycles. The van der Waals surface area contributed by atoms with E-state index in [2.05, 4.69) is 32.4 Å². The molecule has 0 bridgehead atoms. The molecule has 3 aromatic rings. The van der Waals surface area contributed by atoms with E-state index in [0.29, 0.717) is 34.6 Å². The van der Waals surface area contributed by atoms with Crippen molar-refractivity contribution >= 4 is 11.6 Å². The smallest absolute Gasteiger partial charge is 0.158 e. The highest BCUT2D eigenvalue weighted by molar-refractivity contribution is 5.71. The first kappa shape index (κ1) is 18.9. The number of nitriles is 1. The Hall–Kier alpha value is -3.47. The van der Waals surface area contributed by atoms with Gasteiger partial charge >= 0.3 is 0 Å². The number of aromatic nitrogens is 4. The maximum absolute atomic E-state index is 14.9. The van der Waals surface area contributed by atoms with Gasteiger partial charge in [0, 0.05) is 6.07 Å². The molecule has 29 heavy (non-hydrogen) atoms. The standard InChI is InChI=1S/C21H21FN6O/c1-12-3-4-15(5-12)29-18-7-13(2)6-16(22)21(18)17-8-19(28-27-17)26-20-11-24-14(9-23)10-25-20/h6-8,10-12,15H,3-5H2,1-2H3,(H2,25,26,27,28)/t12-,15-/m1/s1. The maximum Gasteiger partial charge on any atom is 0.158 e. The van der Waals surface area contributed by atoms with Crippen LogP contribution < -0.4 is 10.1 Å². The Morgan fingerprint density at radius 1 is 1.21 bits per heavy atom. The zero-order valence-corrected chi connectivity index (χ0v) is 16.2. The third-order valence-corrected chi connectivity index (χ3v) is 5.01. The minimum absolute atomic E-state index is 0.0967. The normalized spacial score (nSPS) is 18.4. The molecule has 7 nitrogen and oxygen atoms in total. The molecule has 0 aliphatic heterocycles. The van der Waals surface area contributed by atoms with Crippen molar-refractivity contribution in [3.8, 4) is 23.1 Å². The average molecular weight is 392 g/mol. The van der Waals surface area contributed by atoms with Gasteiger partial charge in [-0.05, 0) is 49.8 Å². The SMILES string of the molecule is Cc1cc(F)c(-c2cc(Nc3cnc(C#N)cn3)n[nH]2)c(O[C@@H]2CC[C@@H](C)C2)c1. The van der Waals surface area contributed by atoms with Crippen molar-refractivity contribution in [2.45, 2.75) is 39.2 Å². The van der Waals surface area contributed by atoms with Crippen molar-refractivity contribution in [2.75, 3.05) is 5.32 Å². The van der Waals surface area contributed by atoms with Gasteiger partial charge in [0.05, 0.1) is 29.8 Å². The van der Waals surface area contributed by atoms with Crippen molar-refractivity contribution < 1.29 is 9.13 Å². The summed E-state index contributed by atoms with van der Waals surface area (Å²) >= 11 is 0. The summed E-state index contributed by atoms with van der Waals surface area (Å²) < 4.78 is 21.1. The Kier molecular flexibility index (Phi) is 5.12. The number of benzene rings is 1. The lowest BCUT2D eigenvalue weighted by atomic mass is 10.1. The Morgan fingerprint density at radius 3 is 2.76 bits per heavy atom. The van der Waals surface area contributed by atoms with Gasteiger partial charge in [0.25, 0.3) is 0 Å². The highest BCUT2D eigenvalue weighted by atomic mass is 19.1. The van der Waals surface area contributed by atoms with Gasteiger partial charge in [-0.3, -0.25) is 5.10 Å². The molecule has 2 atom stereocenters. The fourth-order valence-electron chi connectivity index (χ4n) is 3.60. The maximum atomic E-state index is 14.9. The Labute approximate surface area is 168 Å². The molecule has 2 aromatic heterocycles. The second kappa shape index (κ2) is 7.87. The number of nitrogens with one attached hydrogen (secondary N) is 2. The van der Waals surface area contributed by atoms with Crippen LogP contribution in [0.5, 0.6) is 5.75 Å². The van der Waals surface area contributed by atoms with Crippen molar-refractivity contribution in [2.24, 2.45) is 5.92 Å². The number of nitrogens with zero attached hydrogens (tertiary/aromatic N) is 4. The zero-order valence-electron chi connectivity index (χ0n) is 16.2. The summed E-state index contributed by atoms with van der Waals surface area (Å²) in [5.74, 6) is 1.67. The van der Waals surface area contributed by atoms with Gasteiger partial charge in [-0.25, -0.2) is 14.4 Å². The molecule has 1 aliphatic carbocycles. The molecule has 8 heteroatoms. The van der Waals surface area contributed by atoms with E-state index < -0.39 is 0 Å². The van der Waals surface area contributed by atoms with Crippen LogP contribution in [-0.2, 0) is 0 Å². The summed E-state index contributed by atoms with van der Waals surface area (Å²) in [4.78, 5) is 8.06. The minimum atomic E-state index is -0.362. The molecule has 1 aliphatic rings. The van der Waals surface area contributed by atoms with Crippen LogP contribution in [0.4, 0.5) is 16.0 Å². The van der Waals surface area contributed by atoms with Crippen LogP contribution in [-0.4, -0.2) is 26.3 Å². The number of rotatable bonds is 5. The van der Waals surface area contributed by atoms with Crippen LogP contribution in [0.3, 0.4) is 0 Å². The third kappa shape index (κ3) is 4.19. The fraction of sp³-hybridized carbons (Fsp3) is 0.333. The number of ether oxygens (including phenoxy) is 1. The molecule has 0 radical (unpaired) electrons. The molecule has 2 N–H and O–H groups in total. The summed E-state index contributed by atoms with van der Waals surface area (Å²) in [6.45, 7) is 4.06. The van der Waals surface area contributed by atoms with E-state index in [0.717, 1.165) is 24.8 Å². The topological polar surface area (TPSA) is 99.5 Å². The van der Waals surface area contributed by atoms with Crippen LogP contribution in [0.1, 0.15) is 37.4 Å². The lowest BCUT2D eigenvalue weighted by Crippen LogP contribution is -2.13. The second-order valence-electron chi connectivity index (χ2n) is 7.47. The monoisotopic (exact) mass is 392 g/mol. The number of aryl methyl sites for hydroxylation is 1. The number of H-pyrrole nitrogens is 1. The molecule has 0 amide bonds. The number of hydrogen-bond donors (Lipinski definition) is 2. The van der Waals surface area contributed by atoms with Gasteiger partial charge in [-0.15, -0.1) is 0 Å². The average Bonchev–Trinajstić information content (AvgIpc) is 3.31. The fourth-order valence-corrected chi connectivity index (χ4v) is 3.60. The first-order valence-electron chi connectivity index (χ1n) is 9.53. The van der Waals surface area contributed by atoms with Crippen molar-refractivity contribution in [1.29, 1.82) is 5.26 Å². The van der Waals surface area contributed by atoms with Crippen molar-refractivity contribution in [3.63, 3.8) is 0 Å². The molecular weight excluding hydrogens is 371 g/mol. The van der Waals surface area contributed by atoms with Gasteiger partial charge in [0.1, 0.15) is 23.5 Å². The van der Waals surface area contributed by atoms with E-state index in [1.807, 2.05) is 19.1 Å². The third-order valence-electron chi connectivity index (χ3n) is 5.01. The number of anilines is 2. The molecule has 1 fully saturated rings. The molecule has 0 unspecified atom stereocenters. The summed E-state index contributed by atoms with van der Waals surface area (Å²) in [6.07, 6.45) is 5.97. The summed E-state index contributed by atoms with van der Waals surface area (Å²) in [5, 5.41) is 18.8. The van der Waals surface area contributed by atoms with Gasteiger partial charge in [0.15, 0.2) is 11.5 Å². The van der Waals surface area contributed by atoms with Gasteiger partial charge < -0.3 is 10.1 Å². The quantitative estimate of drug-likeness (QED) is 0.663. The first-order chi connectivity index (χ1) is 14.0. The number of halogens is 1. The van der Waals surface area contributed by atoms with Crippen LogP contribution in [0.2, 0.25) is 0 Å². The summed E-state index contributed by atoms with van der Waals surface area (Å²) in [6, 6.07) is 6.95. The summed E-state index contributed by atoms with van der Waals surface area (Å²) in [5.41, 5.74) is 1.90. The van der Waals surface area contributed by atoms with Gasteiger partial charge in [0.2, 0.25) is 0 Å². The van der Waals surface area contributed by atoms with Crippen LogP contribution in [0.25, 0.3) is 11.3 Å². The van der Waals surface area contributed by atoms with Crippen LogP contribution in [0.15, 0.2) is 30.6 Å². The Balaban J connectivity index is 1.60.